The normalized spacial score (nSPS) is 18.2. The van der Waals surface area contributed by atoms with Crippen LogP contribution in [-0.4, -0.2) is 58.4 Å². The van der Waals surface area contributed by atoms with Gasteiger partial charge in [-0.1, -0.05) is 5.92 Å². The van der Waals surface area contributed by atoms with E-state index in [0.29, 0.717) is 13.2 Å². The Balaban J connectivity index is 2.14. The zero-order chi connectivity index (χ0) is 17.0. The van der Waals surface area contributed by atoms with Crippen LogP contribution in [0.25, 0.3) is 0 Å². The van der Waals surface area contributed by atoms with E-state index < -0.39 is 23.5 Å². The van der Waals surface area contributed by atoms with Gasteiger partial charge in [-0.15, -0.1) is 0 Å². The van der Waals surface area contributed by atoms with Crippen LogP contribution in [0.4, 0.5) is 0 Å². The number of hydrogen-bond acceptors (Lipinski definition) is 5. The van der Waals surface area contributed by atoms with Gasteiger partial charge in [-0.25, -0.2) is 0 Å². The molecule has 0 saturated carbocycles. The number of ether oxygens (including phenoxy) is 1. The second-order valence-electron chi connectivity index (χ2n) is 5.80. The lowest BCUT2D eigenvalue weighted by Crippen LogP contribution is -2.49. The molecule has 1 amide bonds. The lowest BCUT2D eigenvalue weighted by atomic mass is 10.1. The molecule has 1 aliphatic heterocycles. The first-order valence-corrected chi connectivity index (χ1v) is 7.22. The topological polar surface area (TPSA) is 100 Å². The molecule has 2 heterocycles. The molecule has 7 nitrogen and oxygen atoms in total. The summed E-state index contributed by atoms with van der Waals surface area (Å²) in [4.78, 5) is 24.8. The van der Waals surface area contributed by atoms with Gasteiger partial charge < -0.3 is 24.3 Å². The molecule has 1 fully saturated rings. The number of aliphatic carboxylic acids is 1. The summed E-state index contributed by atoms with van der Waals surface area (Å²) >= 11 is 0. The molecule has 0 unspecified atom stereocenters. The second kappa shape index (κ2) is 6.86. The third-order valence-electron chi connectivity index (χ3n) is 3.21. The molecule has 7 heteroatoms. The number of carbonyl (C=O) groups is 2. The van der Waals surface area contributed by atoms with E-state index in [0.717, 1.165) is 0 Å². The lowest BCUT2D eigenvalue weighted by Gasteiger charge is -2.34. The van der Waals surface area contributed by atoms with Crippen molar-refractivity contribution in [2.24, 2.45) is 0 Å². The fraction of sp³-hybridized carbons (Fsp3) is 0.500. The summed E-state index contributed by atoms with van der Waals surface area (Å²) in [5.74, 6) is 4.21. The van der Waals surface area contributed by atoms with Crippen molar-refractivity contribution in [1.29, 1.82) is 0 Å². The van der Waals surface area contributed by atoms with Crippen LogP contribution in [0.15, 0.2) is 16.5 Å². The SMILES string of the molecule is CC(C)(O)C#Cc1ccc(C(=O)N2CCOC[C@H]2CC(=O)O)o1. The van der Waals surface area contributed by atoms with Gasteiger partial charge in [0.25, 0.3) is 5.91 Å². The van der Waals surface area contributed by atoms with Crippen molar-refractivity contribution in [2.45, 2.75) is 31.9 Å². The number of carboxylic acid groups (broad SMARTS) is 1. The Morgan fingerprint density at radius 2 is 2.17 bits per heavy atom. The standard InChI is InChI=1S/C16H19NO6/c1-16(2,21)6-5-12-3-4-13(23-12)15(20)17-7-8-22-10-11(17)9-14(18)19/h3-4,11,21H,7-10H2,1-2H3,(H,18,19)/t11-/m1/s1. The minimum atomic E-state index is -1.16. The highest BCUT2D eigenvalue weighted by Crippen LogP contribution is 2.17. The largest absolute Gasteiger partial charge is 0.481 e. The van der Waals surface area contributed by atoms with Crippen LogP contribution >= 0.6 is 0 Å². The minimum Gasteiger partial charge on any atom is -0.481 e. The quantitative estimate of drug-likeness (QED) is 0.796. The van der Waals surface area contributed by atoms with E-state index in [1.807, 2.05) is 0 Å². The van der Waals surface area contributed by atoms with Gasteiger partial charge in [0.15, 0.2) is 11.5 Å². The molecule has 1 aromatic heterocycles. The Labute approximate surface area is 133 Å². The smallest absolute Gasteiger partial charge is 0.305 e. The summed E-state index contributed by atoms with van der Waals surface area (Å²) in [6, 6.07) is 2.51. The van der Waals surface area contributed by atoms with Crippen LogP contribution < -0.4 is 0 Å². The van der Waals surface area contributed by atoms with Crippen LogP contribution in [0, 0.1) is 11.8 Å². The molecule has 1 atom stereocenters. The molecule has 0 radical (unpaired) electrons. The number of amides is 1. The fourth-order valence-corrected chi connectivity index (χ4v) is 2.17. The maximum atomic E-state index is 12.5. The average Bonchev–Trinajstić information content (AvgIpc) is 2.92. The molecule has 0 aromatic carbocycles. The number of carboxylic acids is 1. The molecule has 0 spiro atoms. The molecule has 1 aromatic rings. The van der Waals surface area contributed by atoms with Gasteiger partial charge in [-0.05, 0) is 31.9 Å². The Morgan fingerprint density at radius 1 is 1.43 bits per heavy atom. The van der Waals surface area contributed by atoms with E-state index in [4.69, 9.17) is 14.3 Å². The number of furan rings is 1. The predicted octanol–water partition coefficient (Wildman–Crippen LogP) is 0.718. The van der Waals surface area contributed by atoms with Gasteiger partial charge in [0.2, 0.25) is 0 Å². The second-order valence-corrected chi connectivity index (χ2v) is 5.80. The van der Waals surface area contributed by atoms with Crippen molar-refractivity contribution in [3.63, 3.8) is 0 Å². The third-order valence-corrected chi connectivity index (χ3v) is 3.21. The Hall–Kier alpha value is -2.30. The molecular formula is C16H19NO6. The van der Waals surface area contributed by atoms with Crippen molar-refractivity contribution < 1.29 is 29.0 Å². The van der Waals surface area contributed by atoms with Gasteiger partial charge in [-0.2, -0.15) is 0 Å². The third kappa shape index (κ3) is 4.84. The zero-order valence-corrected chi connectivity index (χ0v) is 13.0. The highest BCUT2D eigenvalue weighted by Gasteiger charge is 2.31. The molecular weight excluding hydrogens is 302 g/mol. The van der Waals surface area contributed by atoms with Crippen LogP contribution in [0.5, 0.6) is 0 Å². The van der Waals surface area contributed by atoms with Gasteiger partial charge >= 0.3 is 5.97 Å². The Kier molecular flexibility index (Phi) is 5.08. The number of carbonyl (C=O) groups excluding carboxylic acids is 1. The maximum Gasteiger partial charge on any atom is 0.305 e. The summed E-state index contributed by atoms with van der Waals surface area (Å²) in [7, 11) is 0. The van der Waals surface area contributed by atoms with Crippen LogP contribution in [0.1, 0.15) is 36.6 Å². The monoisotopic (exact) mass is 321 g/mol. The molecule has 1 aliphatic rings. The van der Waals surface area contributed by atoms with Gasteiger partial charge in [0.05, 0.1) is 25.7 Å². The Morgan fingerprint density at radius 3 is 2.83 bits per heavy atom. The number of nitrogens with zero attached hydrogens (tertiary/aromatic N) is 1. The first kappa shape index (κ1) is 17.1. The average molecular weight is 321 g/mol. The van der Waals surface area contributed by atoms with Crippen molar-refractivity contribution >= 4 is 11.9 Å². The van der Waals surface area contributed by atoms with Crippen molar-refractivity contribution in [1.82, 2.24) is 4.90 Å². The number of hydrogen-bond donors (Lipinski definition) is 2. The molecule has 2 N–H and O–H groups in total. The van der Waals surface area contributed by atoms with Crippen molar-refractivity contribution in [3.05, 3.63) is 23.7 Å². The number of morpholine rings is 1. The molecule has 124 valence electrons. The highest BCUT2D eigenvalue weighted by molar-refractivity contribution is 5.92. The minimum absolute atomic E-state index is 0.0855. The molecule has 2 rings (SSSR count). The Bertz CT molecular complexity index is 646. The van der Waals surface area contributed by atoms with E-state index in [9.17, 15) is 14.7 Å². The predicted molar refractivity (Wildman–Crippen MR) is 79.8 cm³/mol. The van der Waals surface area contributed by atoms with Gasteiger partial charge in [-0.3, -0.25) is 9.59 Å². The molecule has 23 heavy (non-hydrogen) atoms. The van der Waals surface area contributed by atoms with Crippen molar-refractivity contribution in [2.75, 3.05) is 19.8 Å². The van der Waals surface area contributed by atoms with Crippen LogP contribution in [-0.2, 0) is 9.53 Å². The van der Waals surface area contributed by atoms with Crippen LogP contribution in [0.3, 0.4) is 0 Å². The van der Waals surface area contributed by atoms with Gasteiger partial charge in [0.1, 0.15) is 5.60 Å². The molecule has 0 bridgehead atoms. The molecule has 1 saturated heterocycles. The number of rotatable bonds is 3. The van der Waals surface area contributed by atoms with E-state index in [2.05, 4.69) is 11.8 Å². The van der Waals surface area contributed by atoms with E-state index in [1.165, 1.54) is 11.0 Å². The summed E-state index contributed by atoms with van der Waals surface area (Å²) in [6.45, 7) is 3.93. The number of aliphatic hydroxyl groups is 1. The first-order chi connectivity index (χ1) is 10.8. The van der Waals surface area contributed by atoms with E-state index in [1.54, 1.807) is 19.9 Å². The van der Waals surface area contributed by atoms with E-state index in [-0.39, 0.29) is 24.5 Å². The summed E-state index contributed by atoms with van der Waals surface area (Å²) in [5.41, 5.74) is -1.16. The zero-order valence-electron chi connectivity index (χ0n) is 13.0. The summed E-state index contributed by atoms with van der Waals surface area (Å²) < 4.78 is 10.6. The summed E-state index contributed by atoms with van der Waals surface area (Å²) in [5, 5.41) is 18.5. The van der Waals surface area contributed by atoms with Crippen molar-refractivity contribution in [3.8, 4) is 11.8 Å². The maximum absolute atomic E-state index is 12.5. The van der Waals surface area contributed by atoms with E-state index >= 15 is 0 Å². The van der Waals surface area contributed by atoms with Crippen LogP contribution in [0.2, 0.25) is 0 Å². The summed E-state index contributed by atoms with van der Waals surface area (Å²) in [6.07, 6.45) is -0.183. The lowest BCUT2D eigenvalue weighted by molar-refractivity contribution is -0.139. The first-order valence-electron chi connectivity index (χ1n) is 7.22. The molecule has 0 aliphatic carbocycles. The van der Waals surface area contributed by atoms with Gasteiger partial charge in [0, 0.05) is 6.54 Å². The highest BCUT2D eigenvalue weighted by atomic mass is 16.5. The fourth-order valence-electron chi connectivity index (χ4n) is 2.17.